The minimum atomic E-state index is -0.500. The molecule has 0 aliphatic heterocycles. The van der Waals surface area contributed by atoms with Crippen LogP contribution in [0.3, 0.4) is 0 Å². The Bertz CT molecular complexity index is 13.5. The summed E-state index contributed by atoms with van der Waals surface area (Å²) in [5, 5.41) is 8.25. The predicted octanol–water partition coefficient (Wildman–Crippen LogP) is -2.01. The molecule has 0 aromatic rings. The van der Waals surface area contributed by atoms with Gasteiger partial charge in [0.15, 0.2) is 0 Å². The van der Waals surface area contributed by atoms with Crippen molar-refractivity contribution >= 4 is 33.8 Å². The molecule has 0 saturated heterocycles. The van der Waals surface area contributed by atoms with Gasteiger partial charge >= 0.3 is 27.3 Å². The summed E-state index contributed by atoms with van der Waals surface area (Å²) >= 11 is 0. The summed E-state index contributed by atoms with van der Waals surface area (Å²) in [6.45, 7) is -0.500. The van der Waals surface area contributed by atoms with E-state index in [0.29, 0.717) is 0 Å². The Balaban J connectivity index is 0. The molecule has 0 spiro atoms. The SMILES string of the molecule is O=C[O-].[Tl+]. The Morgan fingerprint density at radius 2 is 1.75 bits per heavy atom. The van der Waals surface area contributed by atoms with Gasteiger partial charge in [-0.05, 0) is 0 Å². The number of carboxylic acid groups (broad SMARTS) is 1. The van der Waals surface area contributed by atoms with Crippen molar-refractivity contribution in [1.82, 2.24) is 0 Å². The fraction of sp³-hybridized carbons (Fsp3) is 0. The van der Waals surface area contributed by atoms with E-state index in [4.69, 9.17) is 9.90 Å². The molecule has 0 unspecified atom stereocenters. The minimum absolute atomic E-state index is 0. The van der Waals surface area contributed by atoms with Gasteiger partial charge in [0.25, 0.3) is 0 Å². The first kappa shape index (κ1) is 8.83. The molecule has 0 aliphatic carbocycles. The molecule has 3 heteroatoms. The van der Waals surface area contributed by atoms with Crippen LogP contribution in [0, 0.1) is 0 Å². The van der Waals surface area contributed by atoms with Gasteiger partial charge in [-0.2, -0.15) is 0 Å². The Kier molecular flexibility index (Phi) is 22.1. The first-order valence-electron chi connectivity index (χ1n) is 0.471. The van der Waals surface area contributed by atoms with Gasteiger partial charge in [0.05, 0.1) is 0 Å². The van der Waals surface area contributed by atoms with Crippen molar-refractivity contribution in [1.29, 1.82) is 0 Å². The second-order valence-electron chi connectivity index (χ2n) is 0.0962. The third-order valence-electron chi connectivity index (χ3n) is 0. The van der Waals surface area contributed by atoms with Crippen LogP contribution in [-0.2, 0) is 4.79 Å². The van der Waals surface area contributed by atoms with Crippen LogP contribution in [-0.4, -0.2) is 33.8 Å². The largest absolute Gasteiger partial charge is 1.00 e. The zero-order valence-electron chi connectivity index (χ0n) is 1.97. The summed E-state index contributed by atoms with van der Waals surface area (Å²) in [4.78, 5) is 8.25. The molecule has 0 N–H and O–H groups in total. The van der Waals surface area contributed by atoms with Gasteiger partial charge in [0.2, 0.25) is 0 Å². The summed E-state index contributed by atoms with van der Waals surface area (Å²) in [5.41, 5.74) is 0. The van der Waals surface area contributed by atoms with E-state index in [2.05, 4.69) is 0 Å². The van der Waals surface area contributed by atoms with E-state index in [1.54, 1.807) is 0 Å². The Labute approximate surface area is 44.0 Å². The van der Waals surface area contributed by atoms with Crippen molar-refractivity contribution in [3.8, 4) is 0 Å². The molecular formula is CHO2Tl. The van der Waals surface area contributed by atoms with E-state index in [0.717, 1.165) is 0 Å². The van der Waals surface area contributed by atoms with Crippen LogP contribution in [0.2, 0.25) is 0 Å². The quantitative estimate of drug-likeness (QED) is 0.367. The third-order valence-corrected chi connectivity index (χ3v) is 0. The van der Waals surface area contributed by atoms with Gasteiger partial charge in [-0.25, -0.2) is 0 Å². The van der Waals surface area contributed by atoms with Gasteiger partial charge in [-0.1, -0.05) is 0 Å². The maximum absolute atomic E-state index is 8.25. The summed E-state index contributed by atoms with van der Waals surface area (Å²) in [7, 11) is 0. The molecule has 0 atom stereocenters. The second kappa shape index (κ2) is 10.0. The summed E-state index contributed by atoms with van der Waals surface area (Å²) in [6.07, 6.45) is 0. The number of carbonyl (C=O) groups is 1. The van der Waals surface area contributed by atoms with Crippen LogP contribution in [0.5, 0.6) is 0 Å². The summed E-state index contributed by atoms with van der Waals surface area (Å²) < 4.78 is 0. The van der Waals surface area contributed by atoms with Crippen molar-refractivity contribution in [3.63, 3.8) is 0 Å². The van der Waals surface area contributed by atoms with Gasteiger partial charge in [-0.15, -0.1) is 0 Å². The summed E-state index contributed by atoms with van der Waals surface area (Å²) in [6, 6.07) is 0. The molecule has 0 amide bonds. The van der Waals surface area contributed by atoms with Crippen LogP contribution < -0.4 is 5.11 Å². The molecule has 0 saturated carbocycles. The normalized spacial score (nSPS) is 3.00. The van der Waals surface area contributed by atoms with E-state index in [1.807, 2.05) is 0 Å². The standard InChI is InChI=1S/CH2O2.Tl/c2-1-3;/h1H,(H,2,3);/q;+1/p-1. The van der Waals surface area contributed by atoms with Gasteiger partial charge in [0, 0.05) is 6.47 Å². The topological polar surface area (TPSA) is 40.1 Å². The predicted molar refractivity (Wildman–Crippen MR) is 11.8 cm³/mol. The van der Waals surface area contributed by atoms with Crippen LogP contribution in [0.15, 0.2) is 0 Å². The second-order valence-corrected chi connectivity index (χ2v) is 0.0962. The number of hydrogen-bond donors (Lipinski definition) is 0. The van der Waals surface area contributed by atoms with E-state index in [1.165, 1.54) is 0 Å². The van der Waals surface area contributed by atoms with Crippen LogP contribution >= 0.6 is 0 Å². The van der Waals surface area contributed by atoms with E-state index in [-0.39, 0.29) is 27.3 Å². The zero-order valence-corrected chi connectivity index (χ0v) is 6.46. The van der Waals surface area contributed by atoms with Crippen LogP contribution in [0.4, 0.5) is 0 Å². The van der Waals surface area contributed by atoms with Crippen molar-refractivity contribution in [2.75, 3.05) is 0 Å². The Hall–Kier alpha value is 0.392. The molecular weight excluding hydrogens is 248 g/mol. The Morgan fingerprint density at radius 3 is 1.75 bits per heavy atom. The number of hydrogen-bond acceptors (Lipinski definition) is 2. The third kappa shape index (κ3) is 30.2. The van der Waals surface area contributed by atoms with Crippen LogP contribution in [0.25, 0.3) is 0 Å². The zero-order chi connectivity index (χ0) is 2.71. The van der Waals surface area contributed by atoms with Crippen molar-refractivity contribution in [2.24, 2.45) is 0 Å². The Morgan fingerprint density at radius 1 is 1.75 bits per heavy atom. The molecule has 20 valence electrons. The average molecular weight is 249 g/mol. The molecule has 0 aromatic heterocycles. The smallest absolute Gasteiger partial charge is 0.554 e. The number of rotatable bonds is 0. The molecule has 0 heterocycles. The molecule has 0 aromatic carbocycles. The van der Waals surface area contributed by atoms with E-state index >= 15 is 0 Å². The molecule has 4 heavy (non-hydrogen) atoms. The first-order chi connectivity index (χ1) is 1.41. The van der Waals surface area contributed by atoms with Gasteiger partial charge in [-0.3, -0.25) is 0 Å². The fourth-order valence-corrected chi connectivity index (χ4v) is 0. The monoisotopic (exact) mass is 250 g/mol. The molecule has 2 nitrogen and oxygen atoms in total. The first-order valence-corrected chi connectivity index (χ1v) is 0.471. The number of carbonyl (C=O) groups excluding carboxylic acids is 1. The average Bonchev–Trinajstić information content (AvgIpc) is 0.918. The van der Waals surface area contributed by atoms with Crippen molar-refractivity contribution in [2.45, 2.75) is 0 Å². The molecule has 0 fully saturated rings. The molecule has 0 radical (unpaired) electrons. The van der Waals surface area contributed by atoms with Gasteiger partial charge < -0.3 is 9.90 Å². The minimum Gasteiger partial charge on any atom is -0.554 e. The fourth-order valence-electron chi connectivity index (χ4n) is 0. The van der Waals surface area contributed by atoms with E-state index < -0.39 is 6.47 Å². The molecule has 0 aliphatic rings. The molecule has 0 bridgehead atoms. The van der Waals surface area contributed by atoms with Crippen molar-refractivity contribution < 1.29 is 9.90 Å². The van der Waals surface area contributed by atoms with Crippen LogP contribution in [0.1, 0.15) is 0 Å². The van der Waals surface area contributed by atoms with Crippen molar-refractivity contribution in [3.05, 3.63) is 0 Å². The van der Waals surface area contributed by atoms with E-state index in [9.17, 15) is 0 Å². The maximum atomic E-state index is 8.25. The van der Waals surface area contributed by atoms with Gasteiger partial charge in [0.1, 0.15) is 0 Å². The summed E-state index contributed by atoms with van der Waals surface area (Å²) in [5.74, 6) is 0. The maximum Gasteiger partial charge on any atom is 1.00 e. The molecule has 0 rings (SSSR count).